The SMILES string of the molecule is CCCCOCC(=O)Nc1ccc2c(c1)C(COC(=O)NC)c1cc(NC(=O)COCCCCO)ccc1-2. The first kappa shape index (κ1) is 29.1. The topological polar surface area (TPSA) is 135 Å². The number of aliphatic hydroxyl groups excluding tert-OH is 1. The molecule has 1 aliphatic rings. The van der Waals surface area contributed by atoms with Gasteiger partial charge in [0.05, 0.1) is 0 Å². The van der Waals surface area contributed by atoms with E-state index in [2.05, 4.69) is 22.9 Å². The molecule has 0 bridgehead atoms. The van der Waals surface area contributed by atoms with Gasteiger partial charge < -0.3 is 35.3 Å². The quantitative estimate of drug-likeness (QED) is 0.260. The minimum Gasteiger partial charge on any atom is -0.449 e. The minimum atomic E-state index is -0.545. The van der Waals surface area contributed by atoms with E-state index in [-0.39, 0.29) is 44.2 Å². The van der Waals surface area contributed by atoms with Gasteiger partial charge >= 0.3 is 6.09 Å². The number of hydrogen-bond donors (Lipinski definition) is 4. The van der Waals surface area contributed by atoms with Gasteiger partial charge in [0.2, 0.25) is 11.8 Å². The van der Waals surface area contributed by atoms with Crippen molar-refractivity contribution in [1.29, 1.82) is 0 Å². The van der Waals surface area contributed by atoms with Gasteiger partial charge in [-0.2, -0.15) is 0 Å². The van der Waals surface area contributed by atoms with Crippen LogP contribution < -0.4 is 16.0 Å². The van der Waals surface area contributed by atoms with Crippen LogP contribution in [0.4, 0.5) is 16.2 Å². The molecule has 1 atom stereocenters. The molecule has 1 unspecified atom stereocenters. The molecule has 0 aliphatic heterocycles. The van der Waals surface area contributed by atoms with Gasteiger partial charge in [0, 0.05) is 44.2 Å². The van der Waals surface area contributed by atoms with Crippen molar-refractivity contribution in [1.82, 2.24) is 5.32 Å². The van der Waals surface area contributed by atoms with Gasteiger partial charge in [0.25, 0.3) is 0 Å². The molecule has 0 heterocycles. The van der Waals surface area contributed by atoms with E-state index in [0.29, 0.717) is 37.4 Å². The van der Waals surface area contributed by atoms with Crippen molar-refractivity contribution in [2.75, 3.05) is 57.3 Å². The van der Waals surface area contributed by atoms with Crippen molar-refractivity contribution >= 4 is 29.3 Å². The van der Waals surface area contributed by atoms with Crippen molar-refractivity contribution < 1.29 is 33.7 Å². The fourth-order valence-corrected chi connectivity index (χ4v) is 4.21. The van der Waals surface area contributed by atoms with Gasteiger partial charge in [0.1, 0.15) is 19.8 Å². The van der Waals surface area contributed by atoms with E-state index >= 15 is 0 Å². The van der Waals surface area contributed by atoms with Gasteiger partial charge in [-0.1, -0.05) is 25.5 Å². The van der Waals surface area contributed by atoms with E-state index in [1.165, 1.54) is 7.05 Å². The van der Waals surface area contributed by atoms with E-state index in [4.69, 9.17) is 19.3 Å². The lowest BCUT2D eigenvalue weighted by Crippen LogP contribution is -2.22. The fraction of sp³-hybridized carbons (Fsp3) is 0.464. The summed E-state index contributed by atoms with van der Waals surface area (Å²) >= 11 is 0. The van der Waals surface area contributed by atoms with E-state index in [1.807, 2.05) is 36.4 Å². The predicted octanol–water partition coefficient (Wildman–Crippen LogP) is 3.64. The fourth-order valence-electron chi connectivity index (χ4n) is 4.21. The number of alkyl carbamates (subject to hydrolysis) is 1. The number of nitrogens with one attached hydrogen (secondary N) is 3. The Labute approximate surface area is 223 Å². The summed E-state index contributed by atoms with van der Waals surface area (Å²) in [5, 5.41) is 17.0. The average Bonchev–Trinajstić information content (AvgIpc) is 3.21. The second-order valence-corrected chi connectivity index (χ2v) is 8.99. The first-order valence-electron chi connectivity index (χ1n) is 13.0. The molecule has 2 aromatic carbocycles. The molecule has 38 heavy (non-hydrogen) atoms. The van der Waals surface area contributed by atoms with Crippen LogP contribution in [0.5, 0.6) is 0 Å². The maximum atomic E-state index is 12.3. The summed E-state index contributed by atoms with van der Waals surface area (Å²) in [6, 6.07) is 11.3. The molecule has 3 rings (SSSR count). The number of ether oxygens (including phenoxy) is 3. The van der Waals surface area contributed by atoms with Crippen molar-refractivity contribution in [3.63, 3.8) is 0 Å². The lowest BCUT2D eigenvalue weighted by atomic mass is 9.97. The van der Waals surface area contributed by atoms with E-state index in [9.17, 15) is 14.4 Å². The maximum absolute atomic E-state index is 12.3. The normalized spacial score (nSPS) is 13.4. The largest absolute Gasteiger partial charge is 0.449 e. The van der Waals surface area contributed by atoms with E-state index < -0.39 is 6.09 Å². The molecular weight excluding hydrogens is 490 g/mol. The van der Waals surface area contributed by atoms with Crippen LogP contribution in [0.2, 0.25) is 0 Å². The van der Waals surface area contributed by atoms with Crippen LogP contribution in [0.1, 0.15) is 49.7 Å². The molecule has 0 spiro atoms. The predicted molar refractivity (Wildman–Crippen MR) is 144 cm³/mol. The maximum Gasteiger partial charge on any atom is 0.406 e. The number of aliphatic hydroxyl groups is 1. The average molecular weight is 528 g/mol. The van der Waals surface area contributed by atoms with Crippen molar-refractivity contribution in [3.05, 3.63) is 47.5 Å². The Bertz CT molecular complexity index is 1110. The highest BCUT2D eigenvalue weighted by Gasteiger charge is 2.30. The highest BCUT2D eigenvalue weighted by molar-refractivity contribution is 5.94. The molecule has 0 saturated carbocycles. The monoisotopic (exact) mass is 527 g/mol. The summed E-state index contributed by atoms with van der Waals surface area (Å²) < 4.78 is 16.2. The summed E-state index contributed by atoms with van der Waals surface area (Å²) in [6.07, 6.45) is 2.66. The second-order valence-electron chi connectivity index (χ2n) is 8.99. The van der Waals surface area contributed by atoms with Crippen LogP contribution in [0.25, 0.3) is 11.1 Å². The zero-order valence-electron chi connectivity index (χ0n) is 22.0. The van der Waals surface area contributed by atoms with Crippen LogP contribution in [0, 0.1) is 0 Å². The Morgan fingerprint density at radius 1 is 0.842 bits per heavy atom. The third kappa shape index (κ3) is 8.27. The molecule has 0 saturated heterocycles. The number of fused-ring (bicyclic) bond motifs is 3. The smallest absolute Gasteiger partial charge is 0.406 e. The Hall–Kier alpha value is -3.47. The first-order valence-corrected chi connectivity index (χ1v) is 13.0. The first-order chi connectivity index (χ1) is 18.5. The minimum absolute atomic E-state index is 0.0191. The third-order valence-electron chi connectivity index (χ3n) is 6.10. The van der Waals surface area contributed by atoms with E-state index in [1.54, 1.807) is 0 Å². The lowest BCUT2D eigenvalue weighted by molar-refractivity contribution is -0.121. The zero-order chi connectivity index (χ0) is 27.3. The number of hydrogen-bond acceptors (Lipinski definition) is 7. The molecule has 0 aromatic heterocycles. The molecule has 206 valence electrons. The Morgan fingerprint density at radius 2 is 1.39 bits per heavy atom. The van der Waals surface area contributed by atoms with Gasteiger partial charge in [-0.25, -0.2) is 4.79 Å². The van der Waals surface area contributed by atoms with Crippen molar-refractivity contribution in [2.45, 2.75) is 38.5 Å². The molecule has 4 N–H and O–H groups in total. The highest BCUT2D eigenvalue weighted by Crippen LogP contribution is 2.46. The zero-order valence-corrected chi connectivity index (χ0v) is 22.0. The Balaban J connectivity index is 1.74. The molecule has 0 radical (unpaired) electrons. The van der Waals surface area contributed by atoms with Gasteiger partial charge in [-0.15, -0.1) is 0 Å². The Kier molecular flexibility index (Phi) is 11.5. The standard InChI is InChI=1S/C28H37N3O7/c1-3-4-12-36-17-26(33)30-19-7-9-21-22-10-8-20(31-27(34)18-37-13-6-5-11-32)15-24(22)25(23(21)14-19)16-38-28(35)29-2/h7-10,14-15,25,32H,3-6,11-13,16-18H2,1-2H3,(H,29,35)(H,30,33)(H,31,34). The highest BCUT2D eigenvalue weighted by atomic mass is 16.5. The number of carbonyl (C=O) groups excluding carboxylic acids is 3. The number of unbranched alkanes of at least 4 members (excludes halogenated alkanes) is 2. The Morgan fingerprint density at radius 3 is 1.89 bits per heavy atom. The molecule has 2 aromatic rings. The van der Waals surface area contributed by atoms with Gasteiger partial charge in [-0.05, 0) is 65.8 Å². The summed E-state index contributed by atoms with van der Waals surface area (Å²) in [5.74, 6) is -0.811. The van der Waals surface area contributed by atoms with Crippen LogP contribution in [0.3, 0.4) is 0 Å². The molecule has 3 amide bonds. The number of amides is 3. The molecule has 10 nitrogen and oxygen atoms in total. The summed E-state index contributed by atoms with van der Waals surface area (Å²) in [6.45, 7) is 3.07. The summed E-state index contributed by atoms with van der Waals surface area (Å²) in [4.78, 5) is 36.5. The van der Waals surface area contributed by atoms with Gasteiger partial charge in [-0.3, -0.25) is 9.59 Å². The van der Waals surface area contributed by atoms with Crippen LogP contribution in [0.15, 0.2) is 36.4 Å². The summed E-state index contributed by atoms with van der Waals surface area (Å²) in [5.41, 5.74) is 4.96. The molecule has 10 heteroatoms. The third-order valence-corrected chi connectivity index (χ3v) is 6.10. The second kappa shape index (κ2) is 15.1. The van der Waals surface area contributed by atoms with Crippen molar-refractivity contribution in [2.24, 2.45) is 0 Å². The summed E-state index contributed by atoms with van der Waals surface area (Å²) in [7, 11) is 1.49. The number of carbonyl (C=O) groups is 3. The van der Waals surface area contributed by atoms with Gasteiger partial charge in [0.15, 0.2) is 0 Å². The number of rotatable bonds is 15. The molecule has 1 aliphatic carbocycles. The molecule has 0 fully saturated rings. The van der Waals surface area contributed by atoms with E-state index in [0.717, 1.165) is 35.1 Å². The van der Waals surface area contributed by atoms with Crippen molar-refractivity contribution in [3.8, 4) is 11.1 Å². The number of anilines is 2. The van der Waals surface area contributed by atoms with Crippen LogP contribution in [-0.2, 0) is 23.8 Å². The number of benzene rings is 2. The lowest BCUT2D eigenvalue weighted by Gasteiger charge is -2.16. The van der Waals surface area contributed by atoms with Crippen LogP contribution >= 0.6 is 0 Å². The van der Waals surface area contributed by atoms with Crippen LogP contribution in [-0.4, -0.2) is 69.7 Å². The molecular formula is C28H37N3O7.